The van der Waals surface area contributed by atoms with E-state index in [2.05, 4.69) is 10.0 Å². The summed E-state index contributed by atoms with van der Waals surface area (Å²) in [5.74, 6) is -0.618. The van der Waals surface area contributed by atoms with Crippen molar-refractivity contribution in [2.45, 2.75) is 24.8 Å². The van der Waals surface area contributed by atoms with Crippen LogP contribution in [-0.4, -0.2) is 26.2 Å². The molecule has 0 saturated heterocycles. The van der Waals surface area contributed by atoms with Gasteiger partial charge in [-0.25, -0.2) is 8.42 Å². The number of carbonyl (C=O) groups is 2. The Balaban J connectivity index is 2.07. The van der Waals surface area contributed by atoms with Gasteiger partial charge in [0.25, 0.3) is 0 Å². The first kappa shape index (κ1) is 17.8. The van der Waals surface area contributed by atoms with Crippen molar-refractivity contribution in [2.75, 3.05) is 5.32 Å². The topological polar surface area (TPSA) is 92.3 Å². The standard InChI is InChI=1S/C17H18N2O4S/c1-12(17(21)18-15-6-4-3-5-7-15)19-24(22,23)16-10-8-14(9-11-16)13(2)20/h3-12,19H,1-2H3,(H,18,21)/t12-/m0/s1. The summed E-state index contributed by atoms with van der Waals surface area (Å²) in [6, 6.07) is 13.3. The third-order valence-corrected chi connectivity index (χ3v) is 4.89. The van der Waals surface area contributed by atoms with Crippen LogP contribution < -0.4 is 10.0 Å². The fourth-order valence-electron chi connectivity index (χ4n) is 2.00. The van der Waals surface area contributed by atoms with Crippen molar-refractivity contribution >= 4 is 27.4 Å². The predicted molar refractivity (Wildman–Crippen MR) is 91.3 cm³/mol. The molecule has 7 heteroatoms. The van der Waals surface area contributed by atoms with Crippen LogP contribution >= 0.6 is 0 Å². The lowest BCUT2D eigenvalue weighted by Crippen LogP contribution is -2.41. The molecule has 0 bridgehead atoms. The minimum atomic E-state index is -3.86. The van der Waals surface area contributed by atoms with Gasteiger partial charge in [-0.2, -0.15) is 4.72 Å². The number of hydrogen-bond acceptors (Lipinski definition) is 4. The van der Waals surface area contributed by atoms with Gasteiger partial charge in [0.15, 0.2) is 5.78 Å². The van der Waals surface area contributed by atoms with Crippen LogP contribution in [0.15, 0.2) is 59.5 Å². The first-order valence-corrected chi connectivity index (χ1v) is 8.77. The highest BCUT2D eigenvalue weighted by Gasteiger charge is 2.22. The smallest absolute Gasteiger partial charge is 0.242 e. The SMILES string of the molecule is CC(=O)c1ccc(S(=O)(=O)N[C@@H](C)C(=O)Nc2ccccc2)cc1. The molecule has 126 valence electrons. The summed E-state index contributed by atoms with van der Waals surface area (Å²) < 4.78 is 26.9. The van der Waals surface area contributed by atoms with E-state index in [0.29, 0.717) is 11.3 Å². The maximum Gasteiger partial charge on any atom is 0.242 e. The zero-order chi connectivity index (χ0) is 17.7. The van der Waals surface area contributed by atoms with Crippen LogP contribution in [0.25, 0.3) is 0 Å². The molecule has 6 nitrogen and oxygen atoms in total. The van der Waals surface area contributed by atoms with Gasteiger partial charge in [-0.1, -0.05) is 30.3 Å². The van der Waals surface area contributed by atoms with Gasteiger partial charge in [0.2, 0.25) is 15.9 Å². The molecule has 0 radical (unpaired) electrons. The molecule has 2 aromatic rings. The number of carbonyl (C=O) groups excluding carboxylic acids is 2. The highest BCUT2D eigenvalue weighted by Crippen LogP contribution is 2.12. The van der Waals surface area contributed by atoms with E-state index in [9.17, 15) is 18.0 Å². The molecule has 1 amide bonds. The van der Waals surface area contributed by atoms with Gasteiger partial charge < -0.3 is 5.32 Å². The quantitative estimate of drug-likeness (QED) is 0.784. The summed E-state index contributed by atoms with van der Waals surface area (Å²) >= 11 is 0. The van der Waals surface area contributed by atoms with E-state index in [4.69, 9.17) is 0 Å². The van der Waals surface area contributed by atoms with Crippen LogP contribution in [0.2, 0.25) is 0 Å². The summed E-state index contributed by atoms with van der Waals surface area (Å²) in [4.78, 5) is 23.3. The number of benzene rings is 2. The first-order chi connectivity index (χ1) is 11.3. The maximum atomic E-state index is 12.3. The van der Waals surface area contributed by atoms with Crippen LogP contribution in [-0.2, 0) is 14.8 Å². The Kier molecular flexibility index (Phi) is 5.48. The number of para-hydroxylation sites is 1. The Morgan fingerprint density at radius 3 is 2.08 bits per heavy atom. The molecule has 24 heavy (non-hydrogen) atoms. The first-order valence-electron chi connectivity index (χ1n) is 7.29. The molecule has 1 atom stereocenters. The molecule has 2 aromatic carbocycles. The van der Waals surface area contributed by atoms with E-state index in [0.717, 1.165) is 0 Å². The van der Waals surface area contributed by atoms with E-state index in [-0.39, 0.29) is 10.7 Å². The lowest BCUT2D eigenvalue weighted by molar-refractivity contribution is -0.117. The molecule has 0 unspecified atom stereocenters. The van der Waals surface area contributed by atoms with Crippen molar-refractivity contribution in [3.63, 3.8) is 0 Å². The number of hydrogen-bond donors (Lipinski definition) is 2. The molecule has 0 aliphatic rings. The Morgan fingerprint density at radius 2 is 1.54 bits per heavy atom. The zero-order valence-corrected chi connectivity index (χ0v) is 14.1. The molecule has 0 saturated carbocycles. The minimum Gasteiger partial charge on any atom is -0.325 e. The third-order valence-electron chi connectivity index (χ3n) is 3.34. The molecule has 0 fully saturated rings. The van der Waals surface area contributed by atoms with Crippen molar-refractivity contribution in [2.24, 2.45) is 0 Å². The Bertz CT molecular complexity index is 831. The van der Waals surface area contributed by atoms with Gasteiger partial charge in [-0.05, 0) is 38.1 Å². The molecular weight excluding hydrogens is 328 g/mol. The maximum absolute atomic E-state index is 12.3. The number of Topliss-reactive ketones (excluding diaryl/α,β-unsaturated/α-hetero) is 1. The van der Waals surface area contributed by atoms with Crippen LogP contribution in [0.5, 0.6) is 0 Å². The average molecular weight is 346 g/mol. The summed E-state index contributed by atoms with van der Waals surface area (Å²) in [6.07, 6.45) is 0. The third kappa shape index (κ3) is 4.50. The average Bonchev–Trinajstić information content (AvgIpc) is 2.55. The van der Waals surface area contributed by atoms with E-state index in [1.165, 1.54) is 38.1 Å². The van der Waals surface area contributed by atoms with Gasteiger partial charge in [-0.3, -0.25) is 9.59 Å². The van der Waals surface area contributed by atoms with Gasteiger partial charge in [0, 0.05) is 11.3 Å². The summed E-state index contributed by atoms with van der Waals surface area (Å²) in [5, 5.41) is 2.63. The van der Waals surface area contributed by atoms with Crippen LogP contribution in [0, 0.1) is 0 Å². The second kappa shape index (κ2) is 7.37. The summed E-state index contributed by atoms with van der Waals surface area (Å²) in [6.45, 7) is 2.86. The number of sulfonamides is 1. The Hall–Kier alpha value is -2.51. The number of rotatable bonds is 6. The van der Waals surface area contributed by atoms with Gasteiger partial charge in [0.1, 0.15) is 0 Å². The largest absolute Gasteiger partial charge is 0.325 e. The second-order valence-corrected chi connectivity index (χ2v) is 6.99. The second-order valence-electron chi connectivity index (χ2n) is 5.28. The Labute approximate surface area is 140 Å². The zero-order valence-electron chi connectivity index (χ0n) is 13.3. The minimum absolute atomic E-state index is 0.00754. The molecule has 0 spiro atoms. The van der Waals surface area contributed by atoms with E-state index < -0.39 is 22.0 Å². The number of amides is 1. The normalized spacial score (nSPS) is 12.4. The fraction of sp³-hybridized carbons (Fsp3) is 0.176. The lowest BCUT2D eigenvalue weighted by Gasteiger charge is -2.14. The monoisotopic (exact) mass is 346 g/mol. The molecular formula is C17H18N2O4S. The van der Waals surface area contributed by atoms with Crippen molar-refractivity contribution in [1.29, 1.82) is 0 Å². The lowest BCUT2D eigenvalue weighted by atomic mass is 10.2. The summed E-state index contributed by atoms with van der Waals surface area (Å²) in [7, 11) is -3.86. The van der Waals surface area contributed by atoms with E-state index in [1.807, 2.05) is 6.07 Å². The van der Waals surface area contributed by atoms with Gasteiger partial charge in [-0.15, -0.1) is 0 Å². The van der Waals surface area contributed by atoms with Crippen LogP contribution in [0.4, 0.5) is 5.69 Å². The van der Waals surface area contributed by atoms with Crippen LogP contribution in [0.3, 0.4) is 0 Å². The summed E-state index contributed by atoms with van der Waals surface area (Å²) in [5.41, 5.74) is 1.00. The van der Waals surface area contributed by atoms with Crippen molar-refractivity contribution < 1.29 is 18.0 Å². The molecule has 0 aliphatic heterocycles. The number of anilines is 1. The van der Waals surface area contributed by atoms with E-state index >= 15 is 0 Å². The van der Waals surface area contributed by atoms with Crippen molar-refractivity contribution in [3.05, 3.63) is 60.2 Å². The Morgan fingerprint density at radius 1 is 0.958 bits per heavy atom. The van der Waals surface area contributed by atoms with Gasteiger partial charge >= 0.3 is 0 Å². The molecule has 0 heterocycles. The number of ketones is 1. The van der Waals surface area contributed by atoms with Crippen molar-refractivity contribution in [1.82, 2.24) is 4.72 Å². The molecule has 2 rings (SSSR count). The van der Waals surface area contributed by atoms with E-state index in [1.54, 1.807) is 24.3 Å². The highest BCUT2D eigenvalue weighted by molar-refractivity contribution is 7.89. The molecule has 0 aliphatic carbocycles. The molecule has 0 aromatic heterocycles. The fourth-order valence-corrected chi connectivity index (χ4v) is 3.20. The molecule has 2 N–H and O–H groups in total. The van der Waals surface area contributed by atoms with Gasteiger partial charge in [0.05, 0.1) is 10.9 Å². The van der Waals surface area contributed by atoms with Crippen LogP contribution in [0.1, 0.15) is 24.2 Å². The number of nitrogens with one attached hydrogen (secondary N) is 2. The predicted octanol–water partition coefficient (Wildman–Crippen LogP) is 2.19. The highest BCUT2D eigenvalue weighted by atomic mass is 32.2. The van der Waals surface area contributed by atoms with Crippen molar-refractivity contribution in [3.8, 4) is 0 Å².